The summed E-state index contributed by atoms with van der Waals surface area (Å²) < 4.78 is 11.1. The molecule has 1 aromatic carbocycles. The Morgan fingerprint density at radius 2 is 2.16 bits per heavy atom. The lowest BCUT2D eigenvalue weighted by Gasteiger charge is -2.13. The predicted molar refractivity (Wildman–Crippen MR) is 78.2 cm³/mol. The zero-order valence-electron chi connectivity index (χ0n) is 11.1. The fourth-order valence-corrected chi connectivity index (χ4v) is 2.42. The molecule has 102 valence electrons. The highest BCUT2D eigenvalue weighted by Gasteiger charge is 2.13. The molecule has 2 unspecified atom stereocenters. The predicted octanol–water partition coefficient (Wildman–Crippen LogP) is 0.494. The topological polar surface area (TPSA) is 72.2 Å². The summed E-state index contributed by atoms with van der Waals surface area (Å²) in [5.74, 6) is 5.83. The van der Waals surface area contributed by atoms with Crippen LogP contribution in [0.4, 0.5) is 0 Å². The number of amides is 1. The van der Waals surface area contributed by atoms with Crippen molar-refractivity contribution < 1.29 is 9.00 Å². The van der Waals surface area contributed by atoms with Crippen molar-refractivity contribution >= 4 is 16.7 Å². The molecule has 1 aromatic rings. The Bertz CT molecular complexity index is 532. The van der Waals surface area contributed by atoms with Crippen molar-refractivity contribution in [1.82, 2.24) is 5.32 Å². The van der Waals surface area contributed by atoms with E-state index in [0.717, 1.165) is 0 Å². The van der Waals surface area contributed by atoms with Crippen LogP contribution < -0.4 is 11.1 Å². The van der Waals surface area contributed by atoms with Gasteiger partial charge in [-0.15, -0.1) is 0 Å². The normalized spacial score (nSPS) is 13.0. The average Bonchev–Trinajstić information content (AvgIpc) is 2.35. The van der Waals surface area contributed by atoms with E-state index < -0.39 is 10.8 Å². The molecule has 3 N–H and O–H groups in total. The van der Waals surface area contributed by atoms with Crippen LogP contribution in [0.3, 0.4) is 0 Å². The molecule has 0 aliphatic heterocycles. The molecule has 0 spiro atoms. The standard InChI is InChI=1S/C14H18N2O2S/c1-11(10-19(2)18)16-14(17)13-8-4-3-6-12(13)7-5-9-15/h3-4,6,8,11H,9-10,15H2,1-2H3,(H,16,17). The van der Waals surface area contributed by atoms with Crippen LogP contribution in [0.2, 0.25) is 0 Å². The molecule has 0 aliphatic rings. The summed E-state index contributed by atoms with van der Waals surface area (Å²) in [7, 11) is -0.938. The molecule has 5 heteroatoms. The van der Waals surface area contributed by atoms with E-state index >= 15 is 0 Å². The number of hydrogen-bond donors (Lipinski definition) is 2. The second-order valence-electron chi connectivity index (χ2n) is 4.17. The number of nitrogens with two attached hydrogens (primary N) is 1. The fraction of sp³-hybridized carbons (Fsp3) is 0.357. The Morgan fingerprint density at radius 1 is 1.47 bits per heavy atom. The number of nitrogens with one attached hydrogen (secondary N) is 1. The van der Waals surface area contributed by atoms with Gasteiger partial charge in [-0.2, -0.15) is 0 Å². The number of benzene rings is 1. The highest BCUT2D eigenvalue weighted by atomic mass is 32.2. The number of carbonyl (C=O) groups is 1. The van der Waals surface area contributed by atoms with E-state index in [2.05, 4.69) is 17.2 Å². The van der Waals surface area contributed by atoms with Crippen molar-refractivity contribution in [2.45, 2.75) is 13.0 Å². The van der Waals surface area contributed by atoms with Crippen LogP contribution in [-0.2, 0) is 10.8 Å². The lowest BCUT2D eigenvalue weighted by molar-refractivity contribution is 0.0943. The SMILES string of the molecule is CC(CS(C)=O)NC(=O)c1ccccc1C#CCN. The molecule has 0 saturated heterocycles. The van der Waals surface area contributed by atoms with Crippen molar-refractivity contribution in [2.24, 2.45) is 5.73 Å². The molecular formula is C14H18N2O2S. The van der Waals surface area contributed by atoms with Crippen LogP contribution in [0.1, 0.15) is 22.8 Å². The fourth-order valence-electron chi connectivity index (χ4n) is 1.63. The van der Waals surface area contributed by atoms with E-state index in [1.807, 2.05) is 13.0 Å². The van der Waals surface area contributed by atoms with Gasteiger partial charge in [0.1, 0.15) is 0 Å². The summed E-state index contributed by atoms with van der Waals surface area (Å²) in [6.45, 7) is 2.08. The first-order chi connectivity index (χ1) is 9.04. The van der Waals surface area contributed by atoms with Crippen molar-refractivity contribution in [1.29, 1.82) is 0 Å². The molecule has 2 atom stereocenters. The first-order valence-electron chi connectivity index (χ1n) is 5.93. The van der Waals surface area contributed by atoms with Gasteiger partial charge in [0.15, 0.2) is 0 Å². The zero-order valence-corrected chi connectivity index (χ0v) is 11.9. The van der Waals surface area contributed by atoms with Gasteiger partial charge in [0, 0.05) is 34.4 Å². The average molecular weight is 278 g/mol. The summed E-state index contributed by atoms with van der Waals surface area (Å²) >= 11 is 0. The zero-order chi connectivity index (χ0) is 14.3. The molecule has 0 bridgehead atoms. The minimum absolute atomic E-state index is 0.145. The third-order valence-electron chi connectivity index (χ3n) is 2.36. The van der Waals surface area contributed by atoms with Gasteiger partial charge >= 0.3 is 0 Å². The molecule has 0 aromatic heterocycles. The lowest BCUT2D eigenvalue weighted by Crippen LogP contribution is -2.36. The van der Waals surface area contributed by atoms with Gasteiger partial charge in [0.05, 0.1) is 12.1 Å². The molecule has 19 heavy (non-hydrogen) atoms. The monoisotopic (exact) mass is 278 g/mol. The Morgan fingerprint density at radius 3 is 2.79 bits per heavy atom. The third-order valence-corrected chi connectivity index (χ3v) is 3.33. The number of carbonyl (C=O) groups excluding carboxylic acids is 1. The minimum atomic E-state index is -0.938. The van der Waals surface area contributed by atoms with E-state index in [1.54, 1.807) is 24.5 Å². The van der Waals surface area contributed by atoms with Gasteiger partial charge in [-0.25, -0.2) is 0 Å². The molecule has 0 aliphatic carbocycles. The summed E-state index contributed by atoms with van der Waals surface area (Å²) in [6, 6.07) is 6.95. The van der Waals surface area contributed by atoms with Gasteiger partial charge in [0.2, 0.25) is 0 Å². The van der Waals surface area contributed by atoms with Crippen molar-refractivity contribution in [3.63, 3.8) is 0 Å². The van der Waals surface area contributed by atoms with Crippen LogP contribution in [0.15, 0.2) is 24.3 Å². The summed E-state index contributed by atoms with van der Waals surface area (Å²) in [5, 5.41) is 2.81. The van der Waals surface area contributed by atoms with E-state index in [0.29, 0.717) is 16.9 Å². The second kappa shape index (κ2) is 7.72. The second-order valence-corrected chi connectivity index (χ2v) is 5.65. The van der Waals surface area contributed by atoms with Crippen LogP contribution in [0.5, 0.6) is 0 Å². The van der Waals surface area contributed by atoms with Gasteiger partial charge in [0.25, 0.3) is 5.91 Å². The summed E-state index contributed by atoms with van der Waals surface area (Å²) in [6.07, 6.45) is 1.61. The van der Waals surface area contributed by atoms with Crippen LogP contribution in [0, 0.1) is 11.8 Å². The van der Waals surface area contributed by atoms with Gasteiger partial charge in [-0.3, -0.25) is 9.00 Å². The largest absolute Gasteiger partial charge is 0.349 e. The highest BCUT2D eigenvalue weighted by molar-refractivity contribution is 7.84. The first kappa shape index (κ1) is 15.4. The summed E-state index contributed by atoms with van der Waals surface area (Å²) in [5.41, 5.74) is 6.49. The molecule has 0 heterocycles. The van der Waals surface area contributed by atoms with Crippen LogP contribution in [0.25, 0.3) is 0 Å². The Kier molecular flexibility index (Phi) is 6.26. The maximum absolute atomic E-state index is 12.1. The maximum atomic E-state index is 12.1. The molecule has 0 radical (unpaired) electrons. The quantitative estimate of drug-likeness (QED) is 0.788. The molecule has 0 saturated carbocycles. The Labute approximate surface area is 116 Å². The van der Waals surface area contributed by atoms with Crippen molar-refractivity contribution in [3.8, 4) is 11.8 Å². The van der Waals surface area contributed by atoms with Gasteiger partial charge in [-0.1, -0.05) is 24.0 Å². The molecule has 1 rings (SSSR count). The molecular weight excluding hydrogens is 260 g/mol. The van der Waals surface area contributed by atoms with Gasteiger partial charge < -0.3 is 11.1 Å². The van der Waals surface area contributed by atoms with Crippen LogP contribution >= 0.6 is 0 Å². The van der Waals surface area contributed by atoms with Crippen molar-refractivity contribution in [2.75, 3.05) is 18.6 Å². The third kappa shape index (κ3) is 5.25. The van der Waals surface area contributed by atoms with Crippen LogP contribution in [-0.4, -0.2) is 34.7 Å². The summed E-state index contributed by atoms with van der Waals surface area (Å²) in [4.78, 5) is 12.1. The van der Waals surface area contributed by atoms with E-state index in [4.69, 9.17) is 5.73 Å². The molecule has 4 nitrogen and oxygen atoms in total. The van der Waals surface area contributed by atoms with E-state index in [9.17, 15) is 9.00 Å². The highest BCUT2D eigenvalue weighted by Crippen LogP contribution is 2.07. The van der Waals surface area contributed by atoms with E-state index in [-0.39, 0.29) is 18.5 Å². The molecule has 1 amide bonds. The van der Waals surface area contributed by atoms with Crippen molar-refractivity contribution in [3.05, 3.63) is 35.4 Å². The Balaban J connectivity index is 2.85. The Hall–Kier alpha value is -1.64. The van der Waals surface area contributed by atoms with E-state index in [1.165, 1.54) is 0 Å². The maximum Gasteiger partial charge on any atom is 0.252 e. The molecule has 0 fully saturated rings. The smallest absolute Gasteiger partial charge is 0.252 e. The van der Waals surface area contributed by atoms with Gasteiger partial charge in [-0.05, 0) is 19.1 Å². The number of rotatable bonds is 4. The number of hydrogen-bond acceptors (Lipinski definition) is 3. The first-order valence-corrected chi connectivity index (χ1v) is 7.66. The lowest BCUT2D eigenvalue weighted by atomic mass is 10.1. The minimum Gasteiger partial charge on any atom is -0.349 e.